The van der Waals surface area contributed by atoms with Crippen molar-refractivity contribution in [1.29, 1.82) is 0 Å². The Morgan fingerprint density at radius 2 is 2.11 bits per heavy atom. The number of piperidine rings is 1. The number of nitrogens with one attached hydrogen (secondary N) is 2. The number of hydrogen-bond donors (Lipinski definition) is 2. The van der Waals surface area contributed by atoms with Crippen molar-refractivity contribution in [3.05, 3.63) is 0 Å². The van der Waals surface area contributed by atoms with Gasteiger partial charge in [-0.3, -0.25) is 4.79 Å². The molecule has 0 bridgehead atoms. The maximum Gasteiger partial charge on any atom is 0.227 e. The van der Waals surface area contributed by atoms with Gasteiger partial charge in [-0.1, -0.05) is 6.92 Å². The van der Waals surface area contributed by atoms with Crippen LogP contribution in [0.4, 0.5) is 0 Å². The minimum absolute atomic E-state index is 0.150. The van der Waals surface area contributed by atoms with Crippen LogP contribution in [0.25, 0.3) is 0 Å². The lowest BCUT2D eigenvalue weighted by Gasteiger charge is -2.35. The number of hydrogen-bond acceptors (Lipinski definition) is 3. The SMILES string of the molecule is CCC1(C(=O)NCCN2CCCC2)CCCNC1. The molecule has 104 valence electrons. The smallest absolute Gasteiger partial charge is 0.227 e. The average molecular weight is 253 g/mol. The Labute approximate surface area is 110 Å². The normalized spacial score (nSPS) is 29.4. The van der Waals surface area contributed by atoms with E-state index in [-0.39, 0.29) is 11.3 Å². The number of carbonyl (C=O) groups is 1. The topological polar surface area (TPSA) is 44.4 Å². The van der Waals surface area contributed by atoms with Crippen LogP contribution in [0.2, 0.25) is 0 Å². The van der Waals surface area contributed by atoms with Gasteiger partial charge in [0.1, 0.15) is 0 Å². The van der Waals surface area contributed by atoms with Gasteiger partial charge < -0.3 is 15.5 Å². The molecule has 4 heteroatoms. The molecule has 2 saturated heterocycles. The van der Waals surface area contributed by atoms with E-state index in [0.717, 1.165) is 45.4 Å². The van der Waals surface area contributed by atoms with Crippen molar-refractivity contribution in [1.82, 2.24) is 15.5 Å². The number of amides is 1. The highest BCUT2D eigenvalue weighted by Gasteiger charge is 2.37. The first-order chi connectivity index (χ1) is 8.77. The van der Waals surface area contributed by atoms with Crippen LogP contribution >= 0.6 is 0 Å². The molecular formula is C14H27N3O. The first-order valence-corrected chi connectivity index (χ1v) is 7.48. The first-order valence-electron chi connectivity index (χ1n) is 7.48. The van der Waals surface area contributed by atoms with Gasteiger partial charge >= 0.3 is 0 Å². The van der Waals surface area contributed by atoms with E-state index in [2.05, 4.69) is 22.5 Å². The Balaban J connectivity index is 1.74. The molecule has 18 heavy (non-hydrogen) atoms. The zero-order chi connectivity index (χ0) is 12.8. The van der Waals surface area contributed by atoms with Gasteiger partial charge in [-0.25, -0.2) is 0 Å². The third-order valence-corrected chi connectivity index (χ3v) is 4.54. The maximum atomic E-state index is 12.4. The van der Waals surface area contributed by atoms with Crippen molar-refractivity contribution in [2.24, 2.45) is 5.41 Å². The molecule has 2 N–H and O–H groups in total. The molecule has 0 saturated carbocycles. The first kappa shape index (κ1) is 13.8. The number of nitrogens with zero attached hydrogens (tertiary/aromatic N) is 1. The summed E-state index contributed by atoms with van der Waals surface area (Å²) >= 11 is 0. The number of likely N-dealkylation sites (tertiary alicyclic amines) is 1. The fraction of sp³-hybridized carbons (Fsp3) is 0.929. The van der Waals surface area contributed by atoms with Crippen LogP contribution in [0.1, 0.15) is 39.0 Å². The second-order valence-electron chi connectivity index (χ2n) is 5.72. The lowest BCUT2D eigenvalue weighted by atomic mass is 9.77. The molecule has 0 aromatic carbocycles. The van der Waals surface area contributed by atoms with Crippen LogP contribution in [0.5, 0.6) is 0 Å². The van der Waals surface area contributed by atoms with E-state index in [4.69, 9.17) is 0 Å². The highest BCUT2D eigenvalue weighted by molar-refractivity contribution is 5.83. The van der Waals surface area contributed by atoms with Crippen LogP contribution in [0.15, 0.2) is 0 Å². The van der Waals surface area contributed by atoms with Gasteiger partial charge in [0.05, 0.1) is 5.41 Å². The van der Waals surface area contributed by atoms with Gasteiger partial charge in [0.2, 0.25) is 5.91 Å². The lowest BCUT2D eigenvalue weighted by Crippen LogP contribution is -2.51. The van der Waals surface area contributed by atoms with E-state index < -0.39 is 0 Å². The summed E-state index contributed by atoms with van der Waals surface area (Å²) in [6.45, 7) is 8.27. The van der Waals surface area contributed by atoms with Crippen molar-refractivity contribution in [3.8, 4) is 0 Å². The summed E-state index contributed by atoms with van der Waals surface area (Å²) in [5, 5.41) is 6.52. The monoisotopic (exact) mass is 253 g/mol. The highest BCUT2D eigenvalue weighted by atomic mass is 16.2. The Morgan fingerprint density at radius 3 is 2.72 bits per heavy atom. The molecule has 0 spiro atoms. The molecule has 0 aromatic heterocycles. The number of carbonyl (C=O) groups excluding carboxylic acids is 1. The molecule has 4 nitrogen and oxygen atoms in total. The summed E-state index contributed by atoms with van der Waals surface area (Å²) in [6.07, 6.45) is 5.72. The van der Waals surface area contributed by atoms with Gasteiger partial charge in [-0.05, 0) is 51.7 Å². The minimum Gasteiger partial charge on any atom is -0.354 e. The van der Waals surface area contributed by atoms with Gasteiger partial charge in [0, 0.05) is 19.6 Å². The van der Waals surface area contributed by atoms with Crippen LogP contribution in [0.3, 0.4) is 0 Å². The second kappa shape index (κ2) is 6.53. The molecule has 2 rings (SSSR count). The average Bonchev–Trinajstić information content (AvgIpc) is 2.92. The fourth-order valence-electron chi connectivity index (χ4n) is 3.15. The van der Waals surface area contributed by atoms with Crippen molar-refractivity contribution in [3.63, 3.8) is 0 Å². The Hall–Kier alpha value is -0.610. The molecule has 2 aliphatic rings. The summed E-state index contributed by atoms with van der Waals surface area (Å²) in [7, 11) is 0. The third kappa shape index (κ3) is 3.23. The fourth-order valence-corrected chi connectivity index (χ4v) is 3.15. The van der Waals surface area contributed by atoms with E-state index in [0.29, 0.717) is 0 Å². The molecule has 1 amide bonds. The molecule has 1 atom stereocenters. The second-order valence-corrected chi connectivity index (χ2v) is 5.72. The molecule has 2 heterocycles. The molecule has 1 unspecified atom stereocenters. The van der Waals surface area contributed by atoms with Gasteiger partial charge in [-0.2, -0.15) is 0 Å². The molecule has 2 aliphatic heterocycles. The van der Waals surface area contributed by atoms with E-state index >= 15 is 0 Å². The highest BCUT2D eigenvalue weighted by Crippen LogP contribution is 2.30. The maximum absolute atomic E-state index is 12.4. The molecule has 0 aromatic rings. The predicted molar refractivity (Wildman–Crippen MR) is 73.5 cm³/mol. The summed E-state index contributed by atoms with van der Waals surface area (Å²) in [5.41, 5.74) is -0.150. The summed E-state index contributed by atoms with van der Waals surface area (Å²) in [4.78, 5) is 14.8. The summed E-state index contributed by atoms with van der Waals surface area (Å²) < 4.78 is 0. The molecular weight excluding hydrogens is 226 g/mol. The molecule has 2 fully saturated rings. The van der Waals surface area contributed by atoms with Crippen LogP contribution in [-0.4, -0.2) is 50.1 Å². The van der Waals surface area contributed by atoms with Gasteiger partial charge in [-0.15, -0.1) is 0 Å². The van der Waals surface area contributed by atoms with E-state index in [1.54, 1.807) is 0 Å². The van der Waals surface area contributed by atoms with Crippen molar-refractivity contribution in [2.75, 3.05) is 39.3 Å². The molecule has 0 aliphatic carbocycles. The van der Waals surface area contributed by atoms with Gasteiger partial charge in [0.15, 0.2) is 0 Å². The van der Waals surface area contributed by atoms with Crippen molar-refractivity contribution >= 4 is 5.91 Å². The largest absolute Gasteiger partial charge is 0.354 e. The Bertz CT molecular complexity index is 268. The van der Waals surface area contributed by atoms with Gasteiger partial charge in [0.25, 0.3) is 0 Å². The van der Waals surface area contributed by atoms with Crippen molar-refractivity contribution in [2.45, 2.75) is 39.0 Å². The van der Waals surface area contributed by atoms with Crippen LogP contribution < -0.4 is 10.6 Å². The zero-order valence-corrected chi connectivity index (χ0v) is 11.6. The third-order valence-electron chi connectivity index (χ3n) is 4.54. The Morgan fingerprint density at radius 1 is 1.33 bits per heavy atom. The lowest BCUT2D eigenvalue weighted by molar-refractivity contribution is -0.132. The standard InChI is InChI=1S/C14H27N3O/c1-2-14(6-5-7-15-12-14)13(18)16-8-11-17-9-3-4-10-17/h15H,2-12H2,1H3,(H,16,18). The predicted octanol–water partition coefficient (Wildman–Crippen LogP) is 0.978. The summed E-state index contributed by atoms with van der Waals surface area (Å²) in [5.74, 6) is 0.261. The quantitative estimate of drug-likeness (QED) is 0.767. The van der Waals surface area contributed by atoms with Crippen LogP contribution in [-0.2, 0) is 4.79 Å². The molecule has 0 radical (unpaired) electrons. The van der Waals surface area contributed by atoms with E-state index in [1.165, 1.54) is 25.9 Å². The van der Waals surface area contributed by atoms with Crippen LogP contribution in [0, 0.1) is 5.41 Å². The zero-order valence-electron chi connectivity index (χ0n) is 11.6. The van der Waals surface area contributed by atoms with E-state index in [9.17, 15) is 4.79 Å². The van der Waals surface area contributed by atoms with Crippen molar-refractivity contribution < 1.29 is 4.79 Å². The minimum atomic E-state index is -0.150. The van der Waals surface area contributed by atoms with E-state index in [1.807, 2.05) is 0 Å². The number of rotatable bonds is 5. The summed E-state index contributed by atoms with van der Waals surface area (Å²) in [6, 6.07) is 0. The Kier molecular flexibility index (Phi) is 5.01.